The van der Waals surface area contributed by atoms with E-state index in [2.05, 4.69) is 4.98 Å². The zero-order valence-corrected chi connectivity index (χ0v) is 13.8. The first-order valence-electron chi connectivity index (χ1n) is 7.09. The standard InChI is InChI=1S/C15H19N3O4S/c1-11-16-12(10-23-11)7-17(2)8-14(19)9-22-15-5-3-4-13(6-15)18(20)21/h3-6,10,14,19H,7-9H2,1-2H3. The van der Waals surface area contributed by atoms with E-state index in [9.17, 15) is 15.2 Å². The number of non-ortho nitro benzene ring substituents is 1. The zero-order valence-electron chi connectivity index (χ0n) is 13.0. The highest BCUT2D eigenvalue weighted by Crippen LogP contribution is 2.19. The lowest BCUT2D eigenvalue weighted by molar-refractivity contribution is -0.384. The molecule has 1 N–H and O–H groups in total. The van der Waals surface area contributed by atoms with Crippen LogP contribution < -0.4 is 4.74 Å². The first-order valence-corrected chi connectivity index (χ1v) is 7.97. The maximum atomic E-state index is 10.7. The molecule has 2 aromatic rings. The molecule has 7 nitrogen and oxygen atoms in total. The van der Waals surface area contributed by atoms with Gasteiger partial charge in [0.15, 0.2) is 0 Å². The Morgan fingerprint density at radius 3 is 2.96 bits per heavy atom. The molecule has 23 heavy (non-hydrogen) atoms. The topological polar surface area (TPSA) is 88.7 Å². The Kier molecular flexibility index (Phi) is 6.03. The fraction of sp³-hybridized carbons (Fsp3) is 0.400. The Morgan fingerprint density at radius 2 is 2.30 bits per heavy atom. The third-order valence-electron chi connectivity index (χ3n) is 3.09. The molecule has 1 heterocycles. The largest absolute Gasteiger partial charge is 0.491 e. The van der Waals surface area contributed by atoms with Crippen molar-refractivity contribution in [3.63, 3.8) is 0 Å². The molecule has 0 bridgehead atoms. The van der Waals surface area contributed by atoms with Crippen molar-refractivity contribution in [2.24, 2.45) is 0 Å². The minimum absolute atomic E-state index is 0.0343. The average molecular weight is 337 g/mol. The molecule has 1 aromatic carbocycles. The summed E-state index contributed by atoms with van der Waals surface area (Å²) in [6.07, 6.45) is -0.695. The van der Waals surface area contributed by atoms with Crippen LogP contribution in [-0.4, -0.2) is 46.2 Å². The molecule has 2 rings (SSSR count). The van der Waals surface area contributed by atoms with Gasteiger partial charge < -0.3 is 9.84 Å². The lowest BCUT2D eigenvalue weighted by Crippen LogP contribution is -2.32. The summed E-state index contributed by atoms with van der Waals surface area (Å²) < 4.78 is 5.42. The predicted octanol–water partition coefficient (Wildman–Crippen LogP) is 2.23. The molecule has 1 atom stereocenters. The maximum absolute atomic E-state index is 10.7. The summed E-state index contributed by atoms with van der Waals surface area (Å²) in [5.74, 6) is 0.371. The van der Waals surface area contributed by atoms with Gasteiger partial charge in [0.25, 0.3) is 5.69 Å². The van der Waals surface area contributed by atoms with Crippen molar-refractivity contribution in [1.29, 1.82) is 0 Å². The van der Waals surface area contributed by atoms with E-state index in [-0.39, 0.29) is 12.3 Å². The van der Waals surface area contributed by atoms with E-state index in [1.807, 2.05) is 24.3 Å². The Morgan fingerprint density at radius 1 is 1.52 bits per heavy atom. The molecule has 124 valence electrons. The Balaban J connectivity index is 1.79. The summed E-state index contributed by atoms with van der Waals surface area (Å²) >= 11 is 1.60. The molecule has 0 aliphatic rings. The van der Waals surface area contributed by atoms with Crippen LogP contribution in [0.2, 0.25) is 0 Å². The number of nitro benzene ring substituents is 1. The van der Waals surface area contributed by atoms with E-state index < -0.39 is 11.0 Å². The molecular weight excluding hydrogens is 318 g/mol. The molecule has 1 unspecified atom stereocenters. The van der Waals surface area contributed by atoms with Crippen LogP contribution in [0.15, 0.2) is 29.6 Å². The van der Waals surface area contributed by atoms with Gasteiger partial charge in [0, 0.05) is 24.5 Å². The number of aliphatic hydroxyl groups is 1. The number of likely N-dealkylation sites (N-methyl/N-ethyl adjacent to an activating group) is 1. The smallest absolute Gasteiger partial charge is 0.273 e. The quantitative estimate of drug-likeness (QED) is 0.587. The summed E-state index contributed by atoms with van der Waals surface area (Å²) in [7, 11) is 1.89. The fourth-order valence-corrected chi connectivity index (χ4v) is 2.72. The van der Waals surface area contributed by atoms with Crippen molar-refractivity contribution in [3.8, 4) is 5.75 Å². The lowest BCUT2D eigenvalue weighted by atomic mass is 10.3. The van der Waals surface area contributed by atoms with Crippen LogP contribution in [0.4, 0.5) is 5.69 Å². The van der Waals surface area contributed by atoms with Gasteiger partial charge in [-0.05, 0) is 20.0 Å². The van der Waals surface area contributed by atoms with Crippen molar-refractivity contribution >= 4 is 17.0 Å². The van der Waals surface area contributed by atoms with Crippen LogP contribution in [-0.2, 0) is 6.54 Å². The average Bonchev–Trinajstić information content (AvgIpc) is 2.90. The number of aliphatic hydroxyl groups excluding tert-OH is 1. The van der Waals surface area contributed by atoms with Crippen molar-refractivity contribution in [2.45, 2.75) is 19.6 Å². The third kappa shape index (κ3) is 5.59. The molecule has 0 fully saturated rings. The maximum Gasteiger partial charge on any atom is 0.273 e. The molecule has 1 aromatic heterocycles. The number of nitrogens with zero attached hydrogens (tertiary/aromatic N) is 3. The minimum atomic E-state index is -0.695. The molecular formula is C15H19N3O4S. The monoisotopic (exact) mass is 337 g/mol. The van der Waals surface area contributed by atoms with E-state index >= 15 is 0 Å². The minimum Gasteiger partial charge on any atom is -0.491 e. The molecule has 0 aliphatic carbocycles. The number of thiazole rings is 1. The summed E-state index contributed by atoms with van der Waals surface area (Å²) in [6, 6.07) is 5.92. The number of aromatic nitrogens is 1. The van der Waals surface area contributed by atoms with Crippen molar-refractivity contribution < 1.29 is 14.8 Å². The number of benzene rings is 1. The van der Waals surface area contributed by atoms with Gasteiger partial charge in [-0.2, -0.15) is 0 Å². The van der Waals surface area contributed by atoms with Crippen LogP contribution in [0, 0.1) is 17.0 Å². The Labute approximate surface area is 138 Å². The molecule has 0 radical (unpaired) electrons. The molecule has 0 spiro atoms. The van der Waals surface area contributed by atoms with Gasteiger partial charge in [0.2, 0.25) is 0 Å². The van der Waals surface area contributed by atoms with Gasteiger partial charge in [-0.1, -0.05) is 6.07 Å². The number of rotatable bonds is 8. The first-order chi connectivity index (χ1) is 10.9. The van der Waals surface area contributed by atoms with Crippen molar-refractivity contribution in [2.75, 3.05) is 20.2 Å². The zero-order chi connectivity index (χ0) is 16.8. The van der Waals surface area contributed by atoms with E-state index in [0.717, 1.165) is 10.7 Å². The highest BCUT2D eigenvalue weighted by atomic mass is 32.1. The normalized spacial score (nSPS) is 12.3. The van der Waals surface area contributed by atoms with Crippen LogP contribution in [0.1, 0.15) is 10.7 Å². The summed E-state index contributed by atoms with van der Waals surface area (Å²) in [5, 5.41) is 23.7. The van der Waals surface area contributed by atoms with E-state index in [4.69, 9.17) is 4.74 Å². The van der Waals surface area contributed by atoms with Gasteiger partial charge in [-0.3, -0.25) is 15.0 Å². The van der Waals surface area contributed by atoms with Crippen molar-refractivity contribution in [1.82, 2.24) is 9.88 Å². The Bertz CT molecular complexity index is 662. The van der Waals surface area contributed by atoms with Gasteiger partial charge in [0.1, 0.15) is 18.5 Å². The Hall–Kier alpha value is -2.03. The highest BCUT2D eigenvalue weighted by molar-refractivity contribution is 7.09. The van der Waals surface area contributed by atoms with Crippen LogP contribution >= 0.6 is 11.3 Å². The number of nitro groups is 1. The first kappa shape index (κ1) is 17.3. The van der Waals surface area contributed by atoms with Gasteiger partial charge >= 0.3 is 0 Å². The van der Waals surface area contributed by atoms with E-state index in [1.54, 1.807) is 23.5 Å². The van der Waals surface area contributed by atoms with Gasteiger partial charge in [-0.15, -0.1) is 11.3 Å². The molecule has 8 heteroatoms. The van der Waals surface area contributed by atoms with E-state index in [0.29, 0.717) is 18.8 Å². The van der Waals surface area contributed by atoms with Crippen LogP contribution in [0.25, 0.3) is 0 Å². The predicted molar refractivity (Wildman–Crippen MR) is 87.8 cm³/mol. The van der Waals surface area contributed by atoms with Gasteiger partial charge in [0.05, 0.1) is 21.7 Å². The third-order valence-corrected chi connectivity index (χ3v) is 3.91. The van der Waals surface area contributed by atoms with Crippen LogP contribution in [0.5, 0.6) is 5.75 Å². The van der Waals surface area contributed by atoms with E-state index in [1.165, 1.54) is 12.1 Å². The summed E-state index contributed by atoms with van der Waals surface area (Å²) in [5.41, 5.74) is 0.940. The molecule has 0 amide bonds. The molecule has 0 saturated heterocycles. The summed E-state index contributed by atoms with van der Waals surface area (Å²) in [6.45, 7) is 3.10. The second-order valence-electron chi connectivity index (χ2n) is 5.27. The van der Waals surface area contributed by atoms with Gasteiger partial charge in [-0.25, -0.2) is 4.98 Å². The lowest BCUT2D eigenvalue weighted by Gasteiger charge is -2.19. The number of hydrogen-bond acceptors (Lipinski definition) is 7. The molecule has 0 aliphatic heterocycles. The SMILES string of the molecule is Cc1nc(CN(C)CC(O)COc2cccc([N+](=O)[O-])c2)cs1. The number of aryl methyl sites for hydroxylation is 1. The fourth-order valence-electron chi connectivity index (χ4n) is 2.11. The second-order valence-corrected chi connectivity index (χ2v) is 6.34. The summed E-state index contributed by atoms with van der Waals surface area (Å²) in [4.78, 5) is 16.6. The number of ether oxygens (including phenoxy) is 1. The molecule has 0 saturated carbocycles. The number of hydrogen-bond donors (Lipinski definition) is 1. The van der Waals surface area contributed by atoms with Crippen molar-refractivity contribution in [3.05, 3.63) is 50.5 Å². The van der Waals surface area contributed by atoms with Crippen LogP contribution in [0.3, 0.4) is 0 Å². The highest BCUT2D eigenvalue weighted by Gasteiger charge is 2.12. The second kappa shape index (κ2) is 8.00.